The van der Waals surface area contributed by atoms with Crippen molar-refractivity contribution >= 4 is 11.6 Å². The molecule has 0 aromatic carbocycles. The van der Waals surface area contributed by atoms with E-state index in [9.17, 15) is 14.9 Å². The minimum absolute atomic E-state index is 0.00482. The van der Waals surface area contributed by atoms with E-state index in [-0.39, 0.29) is 23.9 Å². The number of aromatic nitrogens is 4. The van der Waals surface area contributed by atoms with E-state index < -0.39 is 4.92 Å². The number of hydrogen-bond acceptors (Lipinski definition) is 6. The summed E-state index contributed by atoms with van der Waals surface area (Å²) in [5.41, 5.74) is 3.68. The molecule has 3 aromatic heterocycles. The first-order valence-electron chi connectivity index (χ1n) is 9.11. The first-order valence-corrected chi connectivity index (χ1v) is 9.11. The van der Waals surface area contributed by atoms with Crippen LogP contribution in [-0.2, 0) is 20.1 Å². The number of rotatable bonds is 6. The van der Waals surface area contributed by atoms with Gasteiger partial charge in [0, 0.05) is 31.9 Å². The SMILES string of the molecule is Cc1nn(C)c(C)c1CN(C)C(=O)c1ccc(Cn2nc(C)c([N+](=O)[O-])c2C)o1. The quantitative estimate of drug-likeness (QED) is 0.464. The van der Waals surface area contributed by atoms with E-state index in [4.69, 9.17) is 4.42 Å². The molecule has 0 radical (unpaired) electrons. The van der Waals surface area contributed by atoms with Crippen molar-refractivity contribution in [3.05, 3.63) is 62.1 Å². The average molecular weight is 400 g/mol. The predicted octanol–water partition coefficient (Wildman–Crippen LogP) is 2.67. The molecule has 10 heteroatoms. The summed E-state index contributed by atoms with van der Waals surface area (Å²) in [6.45, 7) is 7.74. The van der Waals surface area contributed by atoms with Crippen molar-refractivity contribution in [2.75, 3.05) is 7.05 Å². The zero-order chi connectivity index (χ0) is 21.5. The summed E-state index contributed by atoms with van der Waals surface area (Å²) >= 11 is 0. The Hall–Kier alpha value is -3.43. The smallest absolute Gasteiger partial charge is 0.312 e. The van der Waals surface area contributed by atoms with Gasteiger partial charge in [0.1, 0.15) is 17.1 Å². The summed E-state index contributed by atoms with van der Waals surface area (Å²) in [5, 5.41) is 19.7. The van der Waals surface area contributed by atoms with E-state index in [0.29, 0.717) is 23.7 Å². The number of amides is 1. The molecule has 0 aliphatic heterocycles. The minimum Gasteiger partial charge on any atom is -0.454 e. The van der Waals surface area contributed by atoms with Gasteiger partial charge in [0.15, 0.2) is 5.76 Å². The largest absolute Gasteiger partial charge is 0.454 e. The molecule has 3 aromatic rings. The van der Waals surface area contributed by atoms with Gasteiger partial charge in [-0.15, -0.1) is 0 Å². The number of nitro groups is 1. The van der Waals surface area contributed by atoms with Gasteiger partial charge < -0.3 is 9.32 Å². The van der Waals surface area contributed by atoms with Crippen LogP contribution in [0.1, 0.15) is 44.7 Å². The van der Waals surface area contributed by atoms with E-state index in [1.165, 1.54) is 4.68 Å². The van der Waals surface area contributed by atoms with Crippen LogP contribution in [0.4, 0.5) is 5.69 Å². The number of hydrogen-bond donors (Lipinski definition) is 0. The number of carbonyl (C=O) groups is 1. The normalized spacial score (nSPS) is 11.1. The van der Waals surface area contributed by atoms with Gasteiger partial charge in [-0.2, -0.15) is 10.2 Å². The molecule has 0 fully saturated rings. The standard InChI is InChI=1S/C19H24N6O4/c1-11-16(13(3)23(6)20-11)10-22(5)19(26)17-8-7-15(29-17)9-24-14(4)18(25(27)28)12(2)21-24/h7-8H,9-10H2,1-6H3. The predicted molar refractivity (Wildman–Crippen MR) is 105 cm³/mol. The summed E-state index contributed by atoms with van der Waals surface area (Å²) in [7, 11) is 3.58. The lowest BCUT2D eigenvalue weighted by molar-refractivity contribution is -0.386. The molecule has 0 bridgehead atoms. The zero-order valence-corrected chi connectivity index (χ0v) is 17.4. The third-order valence-electron chi connectivity index (χ3n) is 5.10. The third-order valence-corrected chi connectivity index (χ3v) is 5.10. The molecule has 3 heterocycles. The second-order valence-corrected chi connectivity index (χ2v) is 7.13. The highest BCUT2D eigenvalue weighted by molar-refractivity contribution is 5.91. The molecular formula is C19H24N6O4. The van der Waals surface area contributed by atoms with Crippen LogP contribution in [0.2, 0.25) is 0 Å². The number of aryl methyl sites for hydroxylation is 3. The molecule has 3 rings (SSSR count). The molecule has 0 unspecified atom stereocenters. The molecule has 29 heavy (non-hydrogen) atoms. The first-order chi connectivity index (χ1) is 13.6. The van der Waals surface area contributed by atoms with Crippen LogP contribution in [0, 0.1) is 37.8 Å². The molecule has 0 spiro atoms. The van der Waals surface area contributed by atoms with Crippen molar-refractivity contribution in [2.45, 2.75) is 40.8 Å². The Morgan fingerprint density at radius 2 is 1.86 bits per heavy atom. The van der Waals surface area contributed by atoms with Crippen LogP contribution < -0.4 is 0 Å². The van der Waals surface area contributed by atoms with Crippen LogP contribution in [0.25, 0.3) is 0 Å². The summed E-state index contributed by atoms with van der Waals surface area (Å²) in [5.74, 6) is 0.451. The van der Waals surface area contributed by atoms with Crippen molar-refractivity contribution in [1.82, 2.24) is 24.5 Å². The molecule has 0 atom stereocenters. The van der Waals surface area contributed by atoms with Gasteiger partial charge in [-0.05, 0) is 39.8 Å². The van der Waals surface area contributed by atoms with E-state index in [1.807, 2.05) is 20.9 Å². The Kier molecular flexibility index (Phi) is 5.27. The van der Waals surface area contributed by atoms with Gasteiger partial charge >= 0.3 is 5.69 Å². The topological polar surface area (TPSA) is 112 Å². The van der Waals surface area contributed by atoms with Crippen molar-refractivity contribution < 1.29 is 14.1 Å². The van der Waals surface area contributed by atoms with E-state index in [0.717, 1.165) is 17.0 Å². The summed E-state index contributed by atoms with van der Waals surface area (Å²) in [6.07, 6.45) is 0. The maximum absolute atomic E-state index is 12.8. The Morgan fingerprint density at radius 1 is 1.17 bits per heavy atom. The van der Waals surface area contributed by atoms with Crippen LogP contribution >= 0.6 is 0 Å². The number of carbonyl (C=O) groups excluding carboxylic acids is 1. The molecule has 0 N–H and O–H groups in total. The monoisotopic (exact) mass is 400 g/mol. The van der Waals surface area contributed by atoms with E-state index >= 15 is 0 Å². The highest BCUT2D eigenvalue weighted by Gasteiger charge is 2.23. The van der Waals surface area contributed by atoms with Crippen molar-refractivity contribution in [3.63, 3.8) is 0 Å². The van der Waals surface area contributed by atoms with Gasteiger partial charge in [0.05, 0.1) is 17.2 Å². The average Bonchev–Trinajstić information content (AvgIpc) is 3.28. The molecule has 0 saturated carbocycles. The minimum atomic E-state index is -0.442. The Bertz CT molecular complexity index is 1090. The molecule has 0 aliphatic rings. The van der Waals surface area contributed by atoms with Crippen LogP contribution in [0.5, 0.6) is 0 Å². The maximum atomic E-state index is 12.8. The zero-order valence-electron chi connectivity index (χ0n) is 17.4. The summed E-state index contributed by atoms with van der Waals surface area (Å²) < 4.78 is 9.00. The van der Waals surface area contributed by atoms with Crippen LogP contribution in [0.15, 0.2) is 16.5 Å². The summed E-state index contributed by atoms with van der Waals surface area (Å²) in [6, 6.07) is 3.29. The molecule has 154 valence electrons. The second-order valence-electron chi connectivity index (χ2n) is 7.13. The Morgan fingerprint density at radius 3 is 2.41 bits per heavy atom. The van der Waals surface area contributed by atoms with Crippen molar-refractivity contribution in [2.24, 2.45) is 7.05 Å². The fourth-order valence-electron chi connectivity index (χ4n) is 3.37. The first kappa shape index (κ1) is 20.3. The van der Waals surface area contributed by atoms with Crippen LogP contribution in [0.3, 0.4) is 0 Å². The lowest BCUT2D eigenvalue weighted by atomic mass is 10.2. The lowest BCUT2D eigenvalue weighted by Crippen LogP contribution is -2.26. The van der Waals surface area contributed by atoms with E-state index in [2.05, 4.69) is 10.2 Å². The highest BCUT2D eigenvalue weighted by atomic mass is 16.6. The number of nitrogens with zero attached hydrogens (tertiary/aromatic N) is 6. The Balaban J connectivity index is 1.75. The van der Waals surface area contributed by atoms with Gasteiger partial charge in [-0.25, -0.2) is 0 Å². The number of furan rings is 1. The molecule has 1 amide bonds. The third kappa shape index (κ3) is 3.78. The fraction of sp³-hybridized carbons (Fsp3) is 0.421. The maximum Gasteiger partial charge on any atom is 0.312 e. The fourth-order valence-corrected chi connectivity index (χ4v) is 3.37. The van der Waals surface area contributed by atoms with Crippen molar-refractivity contribution in [3.8, 4) is 0 Å². The molecule has 10 nitrogen and oxygen atoms in total. The van der Waals surface area contributed by atoms with Gasteiger partial charge in [0.2, 0.25) is 0 Å². The van der Waals surface area contributed by atoms with E-state index in [1.54, 1.807) is 42.6 Å². The molecule has 0 aliphatic carbocycles. The molecule has 0 saturated heterocycles. The lowest BCUT2D eigenvalue weighted by Gasteiger charge is -2.16. The second kappa shape index (κ2) is 7.53. The van der Waals surface area contributed by atoms with Crippen LogP contribution in [-0.4, -0.2) is 42.3 Å². The van der Waals surface area contributed by atoms with Crippen molar-refractivity contribution in [1.29, 1.82) is 0 Å². The summed E-state index contributed by atoms with van der Waals surface area (Å²) in [4.78, 5) is 25.0. The highest BCUT2D eigenvalue weighted by Crippen LogP contribution is 2.23. The Labute approximate surface area is 167 Å². The van der Waals surface area contributed by atoms with Gasteiger partial charge in [-0.1, -0.05) is 0 Å². The van der Waals surface area contributed by atoms with Gasteiger partial charge in [0.25, 0.3) is 5.91 Å². The van der Waals surface area contributed by atoms with Gasteiger partial charge in [-0.3, -0.25) is 24.3 Å². The molecular weight excluding hydrogens is 376 g/mol.